The Hall–Kier alpha value is -1.60. The summed E-state index contributed by atoms with van der Waals surface area (Å²) in [5, 5.41) is 9.56. The Labute approximate surface area is 150 Å². The third-order valence-corrected chi connectivity index (χ3v) is 3.99. The van der Waals surface area contributed by atoms with Crippen molar-refractivity contribution < 1.29 is 22.2 Å². The monoisotopic (exact) mass is 348 g/mol. The van der Waals surface area contributed by atoms with Gasteiger partial charge in [-0.2, -0.15) is 35.9 Å². The molecule has 23 heavy (non-hydrogen) atoms. The van der Waals surface area contributed by atoms with E-state index >= 15 is 0 Å². The van der Waals surface area contributed by atoms with Gasteiger partial charge in [-0.25, -0.2) is 24.3 Å². The van der Waals surface area contributed by atoms with Crippen molar-refractivity contribution in [3.05, 3.63) is 96.1 Å². The van der Waals surface area contributed by atoms with Crippen LogP contribution in [0.3, 0.4) is 0 Å². The summed E-state index contributed by atoms with van der Waals surface area (Å²) in [6, 6.07) is 28.9. The first-order valence-corrected chi connectivity index (χ1v) is 7.91. The van der Waals surface area contributed by atoms with Crippen LogP contribution in [0.25, 0.3) is 0 Å². The normalized spacial score (nSPS) is 12.4. The summed E-state index contributed by atoms with van der Waals surface area (Å²) in [5.41, 5.74) is 2.59. The number of rotatable bonds is 5. The Kier molecular flexibility index (Phi) is 9.31. The molecule has 0 aliphatic heterocycles. The van der Waals surface area contributed by atoms with Crippen LogP contribution in [-0.4, -0.2) is 11.7 Å². The minimum atomic E-state index is 0. The van der Waals surface area contributed by atoms with Gasteiger partial charge in [-0.1, -0.05) is 43.7 Å². The fourth-order valence-electron chi connectivity index (χ4n) is 2.78. The molecule has 0 heterocycles. The molecule has 3 aromatic carbocycles. The van der Waals surface area contributed by atoms with Gasteiger partial charge in [-0.3, -0.25) is 0 Å². The Morgan fingerprint density at radius 3 is 2.04 bits per heavy atom. The molecule has 1 nitrogen and oxygen atoms in total. The third kappa shape index (κ3) is 5.84. The molecule has 0 saturated carbocycles. The van der Waals surface area contributed by atoms with Crippen molar-refractivity contribution in [2.75, 3.05) is 6.61 Å². The van der Waals surface area contributed by atoms with Gasteiger partial charge in [0.1, 0.15) is 0 Å². The van der Waals surface area contributed by atoms with Crippen molar-refractivity contribution >= 4 is 0 Å². The van der Waals surface area contributed by atoms with E-state index in [1.54, 1.807) is 0 Å². The molecule has 1 N–H and O–H groups in total. The van der Waals surface area contributed by atoms with Gasteiger partial charge in [0.2, 0.25) is 0 Å². The van der Waals surface area contributed by atoms with E-state index in [2.05, 4.69) is 55.5 Å². The molecule has 0 aromatic heterocycles. The summed E-state index contributed by atoms with van der Waals surface area (Å²) in [7, 11) is 0. The van der Waals surface area contributed by atoms with Gasteiger partial charge in [-0.15, -0.1) is 0 Å². The van der Waals surface area contributed by atoms with Gasteiger partial charge in [0.25, 0.3) is 0 Å². The largest absolute Gasteiger partial charge is 2.00 e. The SMILES string of the molecule is CC[C@@H](CO)[C@@H](c1ccccc1)c1ccc[cH-]1.[Fe+2].c1cc[cH-]c1. The summed E-state index contributed by atoms with van der Waals surface area (Å²) in [4.78, 5) is 0. The van der Waals surface area contributed by atoms with Crippen LogP contribution in [0, 0.1) is 5.92 Å². The summed E-state index contributed by atoms with van der Waals surface area (Å²) in [6.45, 7) is 2.38. The summed E-state index contributed by atoms with van der Waals surface area (Å²) < 4.78 is 0. The zero-order valence-electron chi connectivity index (χ0n) is 13.5. The molecular formula is C21H24FeO. The average Bonchev–Trinajstić information content (AvgIpc) is 3.28. The van der Waals surface area contributed by atoms with Crippen molar-refractivity contribution in [2.45, 2.75) is 19.3 Å². The minimum Gasteiger partial charge on any atom is -0.396 e. The van der Waals surface area contributed by atoms with Gasteiger partial charge < -0.3 is 5.11 Å². The fourth-order valence-corrected chi connectivity index (χ4v) is 2.78. The molecule has 0 aliphatic carbocycles. The van der Waals surface area contributed by atoms with Crippen LogP contribution in [0.4, 0.5) is 0 Å². The maximum absolute atomic E-state index is 9.56. The first kappa shape index (κ1) is 19.4. The van der Waals surface area contributed by atoms with Crippen LogP contribution in [0.1, 0.15) is 30.4 Å². The van der Waals surface area contributed by atoms with E-state index in [4.69, 9.17) is 0 Å². The second-order valence-electron chi connectivity index (χ2n) is 5.42. The molecule has 0 saturated heterocycles. The number of hydrogen-bond donors (Lipinski definition) is 1. The quantitative estimate of drug-likeness (QED) is 0.510. The first-order chi connectivity index (χ1) is 10.9. The predicted octanol–water partition coefficient (Wildman–Crippen LogP) is 4.96. The fraction of sp³-hybridized carbons (Fsp3) is 0.238. The van der Waals surface area contributed by atoms with Crippen molar-refractivity contribution in [1.29, 1.82) is 0 Å². The zero-order chi connectivity index (χ0) is 15.6. The predicted molar refractivity (Wildman–Crippen MR) is 93.2 cm³/mol. The molecule has 3 rings (SSSR count). The van der Waals surface area contributed by atoms with E-state index in [9.17, 15) is 5.11 Å². The molecule has 3 aromatic rings. The van der Waals surface area contributed by atoms with Crippen LogP contribution in [0.15, 0.2) is 84.9 Å². The Bertz CT molecular complexity index is 563. The third-order valence-electron chi connectivity index (χ3n) is 3.99. The van der Waals surface area contributed by atoms with E-state index in [0.29, 0.717) is 11.8 Å². The molecule has 0 amide bonds. The Balaban J connectivity index is 0.000000377. The molecule has 0 spiro atoms. The zero-order valence-corrected chi connectivity index (χ0v) is 14.6. The molecule has 0 fully saturated rings. The number of aliphatic hydroxyl groups excluding tert-OH is 1. The van der Waals surface area contributed by atoms with Crippen molar-refractivity contribution in [3.8, 4) is 0 Å². The summed E-state index contributed by atoms with van der Waals surface area (Å²) in [5.74, 6) is 0.598. The van der Waals surface area contributed by atoms with Crippen LogP contribution in [0.2, 0.25) is 0 Å². The minimum absolute atomic E-state index is 0. The van der Waals surface area contributed by atoms with Crippen LogP contribution in [-0.2, 0) is 17.1 Å². The van der Waals surface area contributed by atoms with Crippen LogP contribution >= 0.6 is 0 Å². The van der Waals surface area contributed by atoms with Crippen LogP contribution < -0.4 is 0 Å². The maximum Gasteiger partial charge on any atom is 2.00 e. The number of hydrogen-bond acceptors (Lipinski definition) is 1. The molecule has 0 unspecified atom stereocenters. The van der Waals surface area contributed by atoms with Crippen molar-refractivity contribution in [2.24, 2.45) is 5.92 Å². The maximum atomic E-state index is 9.56. The second-order valence-corrected chi connectivity index (χ2v) is 5.42. The van der Waals surface area contributed by atoms with E-state index in [1.165, 1.54) is 11.1 Å². The second kappa shape index (κ2) is 11.0. The number of benzene rings is 1. The summed E-state index contributed by atoms with van der Waals surface area (Å²) >= 11 is 0. The van der Waals surface area contributed by atoms with Crippen molar-refractivity contribution in [1.82, 2.24) is 0 Å². The van der Waals surface area contributed by atoms with E-state index in [-0.39, 0.29) is 23.7 Å². The Morgan fingerprint density at radius 1 is 0.913 bits per heavy atom. The van der Waals surface area contributed by atoms with Gasteiger partial charge in [0.05, 0.1) is 0 Å². The molecule has 2 heteroatoms. The van der Waals surface area contributed by atoms with Gasteiger partial charge >= 0.3 is 17.1 Å². The summed E-state index contributed by atoms with van der Waals surface area (Å²) in [6.07, 6.45) is 0.987. The molecule has 2 atom stereocenters. The molecule has 0 bridgehead atoms. The molecule has 0 aliphatic rings. The van der Waals surface area contributed by atoms with Gasteiger partial charge in [0.15, 0.2) is 0 Å². The molecule has 122 valence electrons. The van der Waals surface area contributed by atoms with E-state index < -0.39 is 0 Å². The number of aliphatic hydroxyl groups is 1. The van der Waals surface area contributed by atoms with Crippen LogP contribution in [0.5, 0.6) is 0 Å². The van der Waals surface area contributed by atoms with E-state index in [0.717, 1.165) is 6.42 Å². The molecule has 0 radical (unpaired) electrons. The Morgan fingerprint density at radius 2 is 1.61 bits per heavy atom. The topological polar surface area (TPSA) is 20.2 Å². The smallest absolute Gasteiger partial charge is 0.396 e. The first-order valence-electron chi connectivity index (χ1n) is 7.91. The average molecular weight is 348 g/mol. The molecular weight excluding hydrogens is 324 g/mol. The van der Waals surface area contributed by atoms with E-state index in [1.807, 2.05) is 36.4 Å². The standard InChI is InChI=1S/C16H19O.C5H5.Fe/c1-2-13(12-17)16(15-10-6-7-11-15)14-8-4-3-5-9-14;1-2-4-5-3-1;/h3-11,13,16-17H,2,12H2,1H3;1-5H;/q2*-1;+2/t13-,16-;;/m0../s1. The van der Waals surface area contributed by atoms with Gasteiger partial charge in [-0.05, 0) is 17.4 Å². The van der Waals surface area contributed by atoms with Gasteiger partial charge in [0, 0.05) is 6.61 Å². The van der Waals surface area contributed by atoms with Crippen molar-refractivity contribution in [3.63, 3.8) is 0 Å².